The molecule has 19 heavy (non-hydrogen) atoms. The Bertz CT molecular complexity index is 551. The first-order valence-electron chi connectivity index (χ1n) is 6.57. The molecule has 106 valence electrons. The van der Waals surface area contributed by atoms with Crippen LogP contribution in [0.15, 0.2) is 23.1 Å². The fourth-order valence-electron chi connectivity index (χ4n) is 2.71. The van der Waals surface area contributed by atoms with E-state index in [4.69, 9.17) is 10.9 Å². The first-order chi connectivity index (χ1) is 8.88. The van der Waals surface area contributed by atoms with Crippen LogP contribution in [0.3, 0.4) is 0 Å². The van der Waals surface area contributed by atoms with E-state index in [0.717, 1.165) is 0 Å². The third-order valence-electron chi connectivity index (χ3n) is 3.80. The molecule has 0 heterocycles. The van der Waals surface area contributed by atoms with Gasteiger partial charge in [-0.2, -0.15) is 0 Å². The van der Waals surface area contributed by atoms with E-state index in [-0.39, 0.29) is 10.9 Å². The zero-order valence-electron chi connectivity index (χ0n) is 11.1. The molecule has 0 spiro atoms. The van der Waals surface area contributed by atoms with E-state index < -0.39 is 10.0 Å². The summed E-state index contributed by atoms with van der Waals surface area (Å²) in [6.45, 7) is 2.08. The molecule has 6 heteroatoms. The summed E-state index contributed by atoms with van der Waals surface area (Å²) in [4.78, 5) is 0.0670. The third kappa shape index (κ3) is 3.39. The highest BCUT2D eigenvalue weighted by Crippen LogP contribution is 2.31. The fourth-order valence-corrected chi connectivity index (χ4v) is 3.45. The number of nitrogens with two attached hydrogens (primary N) is 2. The number of benzene rings is 1. The maximum Gasteiger partial charge on any atom is 0.240 e. The van der Waals surface area contributed by atoms with E-state index in [1.807, 2.05) is 0 Å². The highest BCUT2D eigenvalue weighted by atomic mass is 32.2. The van der Waals surface area contributed by atoms with Gasteiger partial charge in [-0.15, -0.1) is 0 Å². The molecule has 0 saturated heterocycles. The molecule has 1 saturated carbocycles. The first-order valence-corrected chi connectivity index (χ1v) is 8.11. The topological polar surface area (TPSA) is 98.2 Å². The van der Waals surface area contributed by atoms with Gasteiger partial charge in [-0.25, -0.2) is 13.6 Å². The highest BCUT2D eigenvalue weighted by molar-refractivity contribution is 7.89. The van der Waals surface area contributed by atoms with Crippen molar-refractivity contribution < 1.29 is 8.42 Å². The summed E-state index contributed by atoms with van der Waals surface area (Å²) in [6.07, 6.45) is 4.88. The third-order valence-corrected chi connectivity index (χ3v) is 4.75. The number of nitrogen functional groups attached to an aromatic ring is 1. The Kier molecular flexibility index (Phi) is 4.01. The summed E-state index contributed by atoms with van der Waals surface area (Å²) in [5, 5.41) is 8.50. The van der Waals surface area contributed by atoms with Gasteiger partial charge >= 0.3 is 0 Å². The van der Waals surface area contributed by atoms with Gasteiger partial charge in [0.15, 0.2) is 0 Å². The smallest absolute Gasteiger partial charge is 0.240 e. The molecule has 1 unspecified atom stereocenters. The lowest BCUT2D eigenvalue weighted by atomic mass is 9.99. The number of hydrogen-bond donors (Lipinski definition) is 3. The highest BCUT2D eigenvalue weighted by Gasteiger charge is 2.23. The van der Waals surface area contributed by atoms with Gasteiger partial charge in [0.25, 0.3) is 0 Å². The van der Waals surface area contributed by atoms with Gasteiger partial charge in [0.2, 0.25) is 10.0 Å². The molecule has 1 aliphatic carbocycles. The van der Waals surface area contributed by atoms with Crippen molar-refractivity contribution in [3.63, 3.8) is 0 Å². The molecule has 0 radical (unpaired) electrons. The number of sulfonamides is 1. The van der Waals surface area contributed by atoms with Crippen molar-refractivity contribution in [3.05, 3.63) is 18.2 Å². The molecule has 0 bridgehead atoms. The van der Waals surface area contributed by atoms with Gasteiger partial charge in [0.1, 0.15) is 4.90 Å². The molecular formula is C13H21N3O2S. The second-order valence-electron chi connectivity index (χ2n) is 5.28. The standard InChI is InChI=1S/C13H21N3O2S/c1-9(10-4-2-3-5-10)16-12-7-6-11(14)8-13(12)19(15,17)18/h6-10,16H,2-5,14H2,1H3,(H2,15,17,18). The van der Waals surface area contributed by atoms with Gasteiger partial charge in [0, 0.05) is 11.7 Å². The minimum atomic E-state index is -3.77. The van der Waals surface area contributed by atoms with E-state index in [2.05, 4.69) is 12.2 Å². The number of anilines is 2. The molecule has 1 fully saturated rings. The Labute approximate surface area is 114 Å². The van der Waals surface area contributed by atoms with Crippen molar-refractivity contribution >= 4 is 21.4 Å². The second kappa shape index (κ2) is 5.38. The van der Waals surface area contributed by atoms with E-state index in [0.29, 0.717) is 17.3 Å². The Hall–Kier alpha value is -1.27. The summed E-state index contributed by atoms with van der Waals surface area (Å²) in [7, 11) is -3.77. The van der Waals surface area contributed by atoms with Crippen LogP contribution in [0.4, 0.5) is 11.4 Å². The Morgan fingerprint density at radius 3 is 2.53 bits per heavy atom. The van der Waals surface area contributed by atoms with Gasteiger partial charge in [-0.1, -0.05) is 12.8 Å². The predicted octanol–water partition coefficient (Wildman–Crippen LogP) is 1.91. The minimum absolute atomic E-state index is 0.0670. The summed E-state index contributed by atoms with van der Waals surface area (Å²) < 4.78 is 23.2. The maximum absolute atomic E-state index is 11.6. The molecule has 0 aromatic heterocycles. The van der Waals surface area contributed by atoms with E-state index >= 15 is 0 Å². The first kappa shape index (κ1) is 14.1. The van der Waals surface area contributed by atoms with Gasteiger partial charge in [-0.3, -0.25) is 0 Å². The van der Waals surface area contributed by atoms with Crippen molar-refractivity contribution in [2.75, 3.05) is 11.1 Å². The zero-order chi connectivity index (χ0) is 14.0. The molecule has 1 aromatic carbocycles. The number of hydrogen-bond acceptors (Lipinski definition) is 4. The molecule has 1 aliphatic rings. The Balaban J connectivity index is 2.24. The summed E-state index contributed by atoms with van der Waals surface area (Å²) in [6, 6.07) is 4.99. The van der Waals surface area contributed by atoms with Crippen LogP contribution in [0.5, 0.6) is 0 Å². The maximum atomic E-state index is 11.6. The molecular weight excluding hydrogens is 262 g/mol. The second-order valence-corrected chi connectivity index (χ2v) is 6.81. The SMILES string of the molecule is CC(Nc1ccc(N)cc1S(N)(=O)=O)C1CCCC1. The number of rotatable bonds is 4. The largest absolute Gasteiger partial charge is 0.399 e. The van der Waals surface area contributed by atoms with Crippen LogP contribution in [0.1, 0.15) is 32.6 Å². The molecule has 5 N–H and O–H groups in total. The van der Waals surface area contributed by atoms with Gasteiger partial charge in [-0.05, 0) is 43.9 Å². The molecule has 1 atom stereocenters. The van der Waals surface area contributed by atoms with Crippen molar-refractivity contribution in [1.29, 1.82) is 0 Å². The lowest BCUT2D eigenvalue weighted by Gasteiger charge is -2.23. The van der Waals surface area contributed by atoms with E-state index in [1.165, 1.54) is 31.7 Å². The molecule has 0 amide bonds. The quantitative estimate of drug-likeness (QED) is 0.735. The Morgan fingerprint density at radius 2 is 1.95 bits per heavy atom. The Morgan fingerprint density at radius 1 is 1.32 bits per heavy atom. The van der Waals surface area contributed by atoms with Crippen molar-refractivity contribution in [2.45, 2.75) is 43.5 Å². The average molecular weight is 283 g/mol. The van der Waals surface area contributed by atoms with Crippen LogP contribution in [0.25, 0.3) is 0 Å². The van der Waals surface area contributed by atoms with Crippen LogP contribution in [0, 0.1) is 5.92 Å². The molecule has 2 rings (SSSR count). The number of primary sulfonamides is 1. The van der Waals surface area contributed by atoms with Crippen molar-refractivity contribution in [1.82, 2.24) is 0 Å². The summed E-state index contributed by atoms with van der Waals surface area (Å²) >= 11 is 0. The average Bonchev–Trinajstić information content (AvgIpc) is 2.83. The number of nitrogens with one attached hydrogen (secondary N) is 1. The molecule has 0 aliphatic heterocycles. The fraction of sp³-hybridized carbons (Fsp3) is 0.538. The van der Waals surface area contributed by atoms with Gasteiger partial charge < -0.3 is 11.1 Å². The molecule has 5 nitrogen and oxygen atoms in total. The lowest BCUT2D eigenvalue weighted by molar-refractivity contribution is 0.481. The van der Waals surface area contributed by atoms with Crippen LogP contribution in [-0.2, 0) is 10.0 Å². The van der Waals surface area contributed by atoms with Crippen molar-refractivity contribution in [3.8, 4) is 0 Å². The minimum Gasteiger partial charge on any atom is -0.399 e. The van der Waals surface area contributed by atoms with Gasteiger partial charge in [0.05, 0.1) is 5.69 Å². The monoisotopic (exact) mass is 283 g/mol. The molecule has 1 aromatic rings. The normalized spacial score (nSPS) is 18.4. The van der Waals surface area contributed by atoms with Crippen LogP contribution >= 0.6 is 0 Å². The summed E-state index contributed by atoms with van der Waals surface area (Å²) in [5.74, 6) is 0.589. The van der Waals surface area contributed by atoms with Crippen LogP contribution in [0.2, 0.25) is 0 Å². The van der Waals surface area contributed by atoms with Crippen LogP contribution in [-0.4, -0.2) is 14.5 Å². The van der Waals surface area contributed by atoms with E-state index in [9.17, 15) is 8.42 Å². The van der Waals surface area contributed by atoms with Crippen molar-refractivity contribution in [2.24, 2.45) is 11.1 Å². The zero-order valence-corrected chi connectivity index (χ0v) is 11.9. The van der Waals surface area contributed by atoms with Crippen LogP contribution < -0.4 is 16.2 Å². The lowest BCUT2D eigenvalue weighted by Crippen LogP contribution is -2.25. The predicted molar refractivity (Wildman–Crippen MR) is 77.3 cm³/mol. The summed E-state index contributed by atoms with van der Waals surface area (Å²) in [5.41, 5.74) is 6.56. The van der Waals surface area contributed by atoms with E-state index in [1.54, 1.807) is 12.1 Å².